The second-order valence-corrected chi connectivity index (χ2v) is 7.23. The molecule has 18 heavy (non-hydrogen) atoms. The van der Waals surface area contributed by atoms with Crippen molar-refractivity contribution in [2.24, 2.45) is 5.92 Å². The number of nitrogens with zero attached hydrogens (tertiary/aromatic N) is 1. The summed E-state index contributed by atoms with van der Waals surface area (Å²) < 4.78 is 0. The van der Waals surface area contributed by atoms with Gasteiger partial charge in [-0.15, -0.1) is 0 Å². The Kier molecular flexibility index (Phi) is 5.37. The number of benzene rings is 1. The zero-order valence-electron chi connectivity index (χ0n) is 10.5. The molecule has 1 heterocycles. The molecule has 1 nitrogen and oxygen atoms in total. The summed E-state index contributed by atoms with van der Waals surface area (Å²) in [7, 11) is 0. The topological polar surface area (TPSA) is 3.24 Å². The van der Waals surface area contributed by atoms with E-state index >= 15 is 0 Å². The highest BCUT2D eigenvalue weighted by Crippen LogP contribution is 2.29. The van der Waals surface area contributed by atoms with Gasteiger partial charge in [-0.25, -0.2) is 0 Å². The maximum Gasteiger partial charge on any atom is 0.0637 e. The van der Waals surface area contributed by atoms with E-state index in [1.807, 2.05) is 12.1 Å². The summed E-state index contributed by atoms with van der Waals surface area (Å²) in [5.41, 5.74) is 1.13. The summed E-state index contributed by atoms with van der Waals surface area (Å²) in [6.45, 7) is 5.43. The average molecular weight is 351 g/mol. The van der Waals surface area contributed by atoms with Crippen LogP contribution in [0, 0.1) is 5.92 Å². The number of piperidine rings is 1. The van der Waals surface area contributed by atoms with Crippen molar-refractivity contribution in [1.82, 2.24) is 4.90 Å². The molecule has 1 atom stereocenters. The van der Waals surface area contributed by atoms with Gasteiger partial charge in [0, 0.05) is 11.4 Å². The first-order chi connectivity index (χ1) is 8.58. The van der Waals surface area contributed by atoms with Crippen LogP contribution < -0.4 is 0 Å². The normalized spacial score (nSPS) is 20.0. The SMILES string of the molecule is CC(Br)C1CCN(Cc2cccc(Cl)c2Cl)CC1. The maximum absolute atomic E-state index is 6.23. The maximum atomic E-state index is 6.23. The first-order valence-corrected chi connectivity index (χ1v) is 8.04. The first kappa shape index (κ1) is 14.6. The second kappa shape index (κ2) is 6.60. The minimum atomic E-state index is 0.620. The van der Waals surface area contributed by atoms with Gasteiger partial charge in [0.05, 0.1) is 10.0 Å². The van der Waals surface area contributed by atoms with E-state index in [0.717, 1.165) is 31.1 Å². The Morgan fingerprint density at radius 1 is 1.33 bits per heavy atom. The third kappa shape index (κ3) is 3.63. The standard InChI is InChI=1S/C14H18BrCl2N/c1-10(15)11-5-7-18(8-6-11)9-12-3-2-4-13(16)14(12)17/h2-4,10-11H,5-9H2,1H3. The molecule has 1 unspecified atom stereocenters. The van der Waals surface area contributed by atoms with Gasteiger partial charge in [-0.3, -0.25) is 4.90 Å². The third-order valence-electron chi connectivity index (χ3n) is 3.71. The first-order valence-electron chi connectivity index (χ1n) is 6.37. The van der Waals surface area contributed by atoms with Crippen LogP contribution in [0.1, 0.15) is 25.3 Å². The van der Waals surface area contributed by atoms with Crippen LogP contribution in [0.15, 0.2) is 18.2 Å². The fourth-order valence-electron chi connectivity index (χ4n) is 2.48. The molecule has 0 saturated carbocycles. The zero-order valence-corrected chi connectivity index (χ0v) is 13.6. The number of alkyl halides is 1. The molecule has 1 fully saturated rings. The minimum absolute atomic E-state index is 0.620. The van der Waals surface area contributed by atoms with Crippen molar-refractivity contribution < 1.29 is 0 Å². The Morgan fingerprint density at radius 2 is 2.00 bits per heavy atom. The molecule has 0 spiro atoms. The summed E-state index contributed by atoms with van der Waals surface area (Å²) in [6, 6.07) is 5.87. The molecule has 1 aromatic rings. The van der Waals surface area contributed by atoms with Gasteiger partial charge in [0.15, 0.2) is 0 Å². The highest BCUT2D eigenvalue weighted by Gasteiger charge is 2.22. The number of rotatable bonds is 3. The largest absolute Gasteiger partial charge is 0.299 e. The number of hydrogen-bond donors (Lipinski definition) is 0. The molecule has 1 aliphatic heterocycles. The molecule has 0 amide bonds. The lowest BCUT2D eigenvalue weighted by atomic mass is 9.94. The van der Waals surface area contributed by atoms with Gasteiger partial charge in [0.25, 0.3) is 0 Å². The molecule has 0 radical (unpaired) electrons. The van der Waals surface area contributed by atoms with Crippen LogP contribution in [-0.4, -0.2) is 22.8 Å². The summed E-state index contributed by atoms with van der Waals surface area (Å²) in [5.74, 6) is 0.802. The molecule has 0 bridgehead atoms. The number of halogens is 3. The molecule has 2 rings (SSSR count). The molecule has 4 heteroatoms. The van der Waals surface area contributed by atoms with Crippen molar-refractivity contribution in [3.8, 4) is 0 Å². The van der Waals surface area contributed by atoms with Crippen molar-refractivity contribution in [3.05, 3.63) is 33.8 Å². The van der Waals surface area contributed by atoms with Gasteiger partial charge in [0.2, 0.25) is 0 Å². The Balaban J connectivity index is 1.94. The summed E-state index contributed by atoms with van der Waals surface area (Å²) >= 11 is 16.0. The van der Waals surface area contributed by atoms with Crippen LogP contribution in [0.2, 0.25) is 10.0 Å². The van der Waals surface area contributed by atoms with Crippen molar-refractivity contribution in [1.29, 1.82) is 0 Å². The van der Waals surface area contributed by atoms with Crippen LogP contribution in [0.3, 0.4) is 0 Å². The molecule has 1 saturated heterocycles. The van der Waals surface area contributed by atoms with E-state index in [1.165, 1.54) is 12.8 Å². The van der Waals surface area contributed by atoms with Crippen molar-refractivity contribution in [2.45, 2.75) is 31.1 Å². The lowest BCUT2D eigenvalue weighted by Gasteiger charge is -2.33. The van der Waals surface area contributed by atoms with Gasteiger partial charge in [-0.1, -0.05) is 58.2 Å². The van der Waals surface area contributed by atoms with Crippen molar-refractivity contribution >= 4 is 39.1 Å². The van der Waals surface area contributed by atoms with Crippen LogP contribution in [-0.2, 0) is 6.54 Å². The Bertz CT molecular complexity index is 401. The Labute approximate surface area is 128 Å². The Morgan fingerprint density at radius 3 is 2.61 bits per heavy atom. The average Bonchev–Trinajstić information content (AvgIpc) is 2.36. The quantitative estimate of drug-likeness (QED) is 0.694. The molecule has 1 aliphatic rings. The summed E-state index contributed by atoms with van der Waals surface area (Å²) in [4.78, 5) is 3.08. The van der Waals surface area contributed by atoms with Gasteiger partial charge in [-0.2, -0.15) is 0 Å². The third-order valence-corrected chi connectivity index (χ3v) is 5.31. The fourth-order valence-corrected chi connectivity index (χ4v) is 3.39. The minimum Gasteiger partial charge on any atom is -0.299 e. The van der Waals surface area contributed by atoms with Gasteiger partial charge < -0.3 is 0 Å². The molecule has 0 N–H and O–H groups in total. The van der Waals surface area contributed by atoms with Crippen LogP contribution in [0.4, 0.5) is 0 Å². The molecule has 100 valence electrons. The van der Waals surface area contributed by atoms with E-state index in [-0.39, 0.29) is 0 Å². The van der Waals surface area contributed by atoms with Crippen LogP contribution in [0.5, 0.6) is 0 Å². The van der Waals surface area contributed by atoms with Crippen LogP contribution >= 0.6 is 39.1 Å². The lowest BCUT2D eigenvalue weighted by molar-refractivity contribution is 0.178. The highest BCUT2D eigenvalue weighted by molar-refractivity contribution is 9.09. The lowest BCUT2D eigenvalue weighted by Crippen LogP contribution is -2.35. The summed E-state index contributed by atoms with van der Waals surface area (Å²) in [5, 5.41) is 1.35. The molecule has 0 aliphatic carbocycles. The van der Waals surface area contributed by atoms with Crippen molar-refractivity contribution in [2.75, 3.05) is 13.1 Å². The summed E-state index contributed by atoms with van der Waals surface area (Å²) in [6.07, 6.45) is 2.51. The predicted molar refractivity (Wildman–Crippen MR) is 82.9 cm³/mol. The molecule has 1 aromatic carbocycles. The van der Waals surface area contributed by atoms with Crippen LogP contribution in [0.25, 0.3) is 0 Å². The molecule has 0 aromatic heterocycles. The second-order valence-electron chi connectivity index (χ2n) is 5.00. The van der Waals surface area contributed by atoms with E-state index < -0.39 is 0 Å². The Hall–Kier alpha value is 0.240. The van der Waals surface area contributed by atoms with Crippen molar-refractivity contribution in [3.63, 3.8) is 0 Å². The van der Waals surface area contributed by atoms with E-state index in [9.17, 15) is 0 Å². The monoisotopic (exact) mass is 349 g/mol. The van der Waals surface area contributed by atoms with E-state index in [4.69, 9.17) is 23.2 Å². The van der Waals surface area contributed by atoms with Gasteiger partial charge in [0.1, 0.15) is 0 Å². The predicted octanol–water partition coefficient (Wildman–Crippen LogP) is 4.99. The molecular formula is C14H18BrCl2N. The number of hydrogen-bond acceptors (Lipinski definition) is 1. The smallest absolute Gasteiger partial charge is 0.0637 e. The number of likely N-dealkylation sites (tertiary alicyclic amines) is 1. The van der Waals surface area contributed by atoms with Gasteiger partial charge >= 0.3 is 0 Å². The fraction of sp³-hybridized carbons (Fsp3) is 0.571. The zero-order chi connectivity index (χ0) is 13.1. The molecular weight excluding hydrogens is 333 g/mol. The van der Waals surface area contributed by atoms with Gasteiger partial charge in [-0.05, 0) is 43.5 Å². The van der Waals surface area contributed by atoms with E-state index in [1.54, 1.807) is 0 Å². The van der Waals surface area contributed by atoms with E-state index in [0.29, 0.717) is 14.9 Å². The van der Waals surface area contributed by atoms with E-state index in [2.05, 4.69) is 33.8 Å². The highest BCUT2D eigenvalue weighted by atomic mass is 79.9.